The van der Waals surface area contributed by atoms with Gasteiger partial charge in [-0.1, -0.05) is 0 Å². The van der Waals surface area contributed by atoms with Crippen molar-refractivity contribution in [2.24, 2.45) is 0 Å². The standard InChI is InChI=1S/C13H33NO7Si2/c1-12(14(3)11-23(19-7,20-8)21-9)13(2,15)10-22(16-4,17-5)18-6/h12,15H,10-11H2,1-9H3. The quantitative estimate of drug-likeness (QED) is 0.493. The topological polar surface area (TPSA) is 78.9 Å². The van der Waals surface area contributed by atoms with E-state index < -0.39 is 23.2 Å². The molecular formula is C13H33NO7Si2. The van der Waals surface area contributed by atoms with Crippen molar-refractivity contribution in [2.75, 3.05) is 55.9 Å². The van der Waals surface area contributed by atoms with Crippen molar-refractivity contribution >= 4 is 17.6 Å². The molecule has 0 radical (unpaired) electrons. The summed E-state index contributed by atoms with van der Waals surface area (Å²) >= 11 is 0. The normalized spacial score (nSPS) is 17.3. The first-order valence-corrected chi connectivity index (χ1v) is 11.2. The van der Waals surface area contributed by atoms with E-state index in [1.165, 1.54) is 21.3 Å². The molecule has 0 saturated heterocycles. The Balaban J connectivity index is 5.13. The fourth-order valence-corrected chi connectivity index (χ4v) is 6.29. The second-order valence-electron chi connectivity index (χ2n) is 5.72. The van der Waals surface area contributed by atoms with Gasteiger partial charge in [0.1, 0.15) is 0 Å². The van der Waals surface area contributed by atoms with Crippen LogP contribution < -0.4 is 0 Å². The van der Waals surface area contributed by atoms with Crippen LogP contribution in [0.15, 0.2) is 0 Å². The Labute approximate surface area is 142 Å². The van der Waals surface area contributed by atoms with Crippen molar-refractivity contribution in [2.45, 2.75) is 31.5 Å². The molecule has 0 heterocycles. The molecule has 0 aromatic carbocycles. The van der Waals surface area contributed by atoms with Crippen LogP contribution in [0.3, 0.4) is 0 Å². The van der Waals surface area contributed by atoms with Gasteiger partial charge in [-0.2, -0.15) is 0 Å². The molecule has 0 aromatic heterocycles. The van der Waals surface area contributed by atoms with Crippen molar-refractivity contribution in [1.29, 1.82) is 0 Å². The summed E-state index contributed by atoms with van der Waals surface area (Å²) in [4.78, 5) is 1.95. The van der Waals surface area contributed by atoms with E-state index in [4.69, 9.17) is 26.6 Å². The average Bonchev–Trinajstić information content (AvgIpc) is 2.56. The van der Waals surface area contributed by atoms with E-state index in [-0.39, 0.29) is 12.1 Å². The van der Waals surface area contributed by atoms with E-state index in [0.717, 1.165) is 0 Å². The molecule has 0 aliphatic heterocycles. The second-order valence-corrected chi connectivity index (χ2v) is 11.6. The maximum absolute atomic E-state index is 10.9. The third-order valence-corrected chi connectivity index (χ3v) is 10.2. The van der Waals surface area contributed by atoms with Crippen LogP contribution in [0.2, 0.25) is 6.04 Å². The molecular weight excluding hydrogens is 338 g/mol. The zero-order valence-electron chi connectivity index (χ0n) is 15.8. The third-order valence-electron chi connectivity index (χ3n) is 4.44. The predicted octanol–water partition coefficient (Wildman–Crippen LogP) is 0.353. The summed E-state index contributed by atoms with van der Waals surface area (Å²) in [5, 5.41) is 10.9. The maximum Gasteiger partial charge on any atom is 0.514 e. The Kier molecular flexibility index (Phi) is 9.61. The summed E-state index contributed by atoms with van der Waals surface area (Å²) in [6.07, 6.45) is 0.440. The summed E-state index contributed by atoms with van der Waals surface area (Å²) < 4.78 is 32.6. The highest BCUT2D eigenvalue weighted by atomic mass is 28.4. The molecule has 140 valence electrons. The molecule has 0 saturated carbocycles. The smallest absolute Gasteiger partial charge is 0.389 e. The predicted molar refractivity (Wildman–Crippen MR) is 91.1 cm³/mol. The molecule has 0 aromatic rings. The average molecular weight is 372 g/mol. The van der Waals surface area contributed by atoms with Crippen LogP contribution in [0.5, 0.6) is 0 Å². The fourth-order valence-electron chi connectivity index (χ4n) is 2.41. The van der Waals surface area contributed by atoms with E-state index in [9.17, 15) is 5.11 Å². The van der Waals surface area contributed by atoms with E-state index in [1.807, 2.05) is 18.9 Å². The van der Waals surface area contributed by atoms with Gasteiger partial charge in [0.15, 0.2) is 0 Å². The molecule has 0 amide bonds. The lowest BCUT2D eigenvalue weighted by Gasteiger charge is -2.41. The number of rotatable bonds is 12. The number of nitrogens with zero attached hydrogens (tertiary/aromatic N) is 1. The summed E-state index contributed by atoms with van der Waals surface area (Å²) in [5.41, 5.74) is -1.10. The summed E-state index contributed by atoms with van der Waals surface area (Å²) in [6.45, 7) is 3.66. The van der Waals surface area contributed by atoms with Gasteiger partial charge in [-0.05, 0) is 20.9 Å². The molecule has 2 atom stereocenters. The molecule has 0 bridgehead atoms. The second kappa shape index (κ2) is 9.56. The highest BCUT2D eigenvalue weighted by Crippen LogP contribution is 2.28. The van der Waals surface area contributed by atoms with Gasteiger partial charge in [0.2, 0.25) is 0 Å². The number of hydrogen-bond acceptors (Lipinski definition) is 8. The van der Waals surface area contributed by atoms with E-state index in [0.29, 0.717) is 6.17 Å². The van der Waals surface area contributed by atoms with Crippen molar-refractivity contribution in [3.05, 3.63) is 0 Å². The number of aliphatic hydroxyl groups is 1. The first kappa shape index (κ1) is 23.1. The van der Waals surface area contributed by atoms with E-state index in [2.05, 4.69) is 0 Å². The van der Waals surface area contributed by atoms with Gasteiger partial charge < -0.3 is 31.7 Å². The first-order valence-electron chi connectivity index (χ1n) is 7.35. The molecule has 0 aliphatic rings. The number of likely N-dealkylation sites (N-methyl/N-ethyl adjacent to an activating group) is 1. The highest BCUT2D eigenvalue weighted by Gasteiger charge is 2.49. The lowest BCUT2D eigenvalue weighted by molar-refractivity contribution is -0.0211. The van der Waals surface area contributed by atoms with Crippen molar-refractivity contribution in [3.63, 3.8) is 0 Å². The lowest BCUT2D eigenvalue weighted by Crippen LogP contribution is -2.60. The zero-order chi connectivity index (χ0) is 18.3. The largest absolute Gasteiger partial charge is 0.514 e. The Hall–Kier alpha value is 0.114. The van der Waals surface area contributed by atoms with Gasteiger partial charge >= 0.3 is 17.6 Å². The van der Waals surface area contributed by atoms with Gasteiger partial charge in [0.05, 0.1) is 11.8 Å². The monoisotopic (exact) mass is 371 g/mol. The third kappa shape index (κ3) is 5.85. The van der Waals surface area contributed by atoms with Crippen LogP contribution in [0.25, 0.3) is 0 Å². The minimum Gasteiger partial charge on any atom is -0.389 e. The Morgan fingerprint density at radius 1 is 0.870 bits per heavy atom. The van der Waals surface area contributed by atoms with Crippen LogP contribution in [-0.4, -0.2) is 95.1 Å². The molecule has 2 unspecified atom stereocenters. The van der Waals surface area contributed by atoms with Crippen molar-refractivity contribution in [1.82, 2.24) is 4.90 Å². The molecule has 1 N–H and O–H groups in total. The van der Waals surface area contributed by atoms with Crippen LogP contribution in [0, 0.1) is 0 Å². The molecule has 8 nitrogen and oxygen atoms in total. The molecule has 0 spiro atoms. The lowest BCUT2D eigenvalue weighted by atomic mass is 10.00. The summed E-state index contributed by atoms with van der Waals surface area (Å²) in [7, 11) is 5.49. The molecule has 0 aliphatic carbocycles. The Morgan fingerprint density at radius 3 is 1.52 bits per heavy atom. The van der Waals surface area contributed by atoms with Crippen LogP contribution >= 0.6 is 0 Å². The minimum absolute atomic E-state index is 0.234. The SMILES string of the molecule is CO[Si](CN(C)C(C)C(C)(O)C[Si](OC)(OC)OC)(OC)OC. The van der Waals surface area contributed by atoms with Gasteiger partial charge in [-0.3, -0.25) is 4.90 Å². The van der Waals surface area contributed by atoms with Gasteiger partial charge in [-0.25, -0.2) is 0 Å². The highest BCUT2D eigenvalue weighted by molar-refractivity contribution is 6.61. The first-order chi connectivity index (χ1) is 10.6. The molecule has 10 heteroatoms. The minimum atomic E-state index is -2.90. The molecule has 0 rings (SSSR count). The molecule has 23 heavy (non-hydrogen) atoms. The van der Waals surface area contributed by atoms with Gasteiger partial charge in [0, 0.05) is 54.7 Å². The van der Waals surface area contributed by atoms with Crippen LogP contribution in [0.4, 0.5) is 0 Å². The van der Waals surface area contributed by atoms with E-state index >= 15 is 0 Å². The molecule has 0 fully saturated rings. The maximum atomic E-state index is 10.9. The van der Waals surface area contributed by atoms with Crippen molar-refractivity contribution < 1.29 is 31.7 Å². The van der Waals surface area contributed by atoms with E-state index in [1.54, 1.807) is 28.3 Å². The number of hydrogen-bond donors (Lipinski definition) is 1. The van der Waals surface area contributed by atoms with Crippen molar-refractivity contribution in [3.8, 4) is 0 Å². The fraction of sp³-hybridized carbons (Fsp3) is 1.00. The Bertz CT molecular complexity index is 322. The van der Waals surface area contributed by atoms with Crippen LogP contribution in [0.1, 0.15) is 13.8 Å². The summed E-state index contributed by atoms with van der Waals surface area (Å²) in [5.74, 6) is 0. The van der Waals surface area contributed by atoms with Gasteiger partial charge in [0.25, 0.3) is 0 Å². The Morgan fingerprint density at radius 2 is 1.22 bits per heavy atom. The van der Waals surface area contributed by atoms with Gasteiger partial charge in [-0.15, -0.1) is 0 Å². The summed E-state index contributed by atoms with van der Waals surface area (Å²) in [6, 6.07) is 0.0263. The van der Waals surface area contributed by atoms with Crippen LogP contribution in [-0.2, 0) is 26.6 Å². The zero-order valence-corrected chi connectivity index (χ0v) is 17.8.